The van der Waals surface area contributed by atoms with Crippen LogP contribution in [0, 0.1) is 13.8 Å². The number of aryl methyl sites for hydroxylation is 2. The van der Waals surface area contributed by atoms with E-state index in [-0.39, 0.29) is 0 Å². The molecule has 2 unspecified atom stereocenters. The molecule has 1 N–H and O–H groups in total. The minimum atomic E-state index is 0.508. The van der Waals surface area contributed by atoms with Gasteiger partial charge in [-0.05, 0) is 31.5 Å². The highest BCUT2D eigenvalue weighted by Crippen LogP contribution is 2.34. The first-order valence-electron chi connectivity index (χ1n) is 6.72. The summed E-state index contributed by atoms with van der Waals surface area (Å²) >= 11 is 4.24. The van der Waals surface area contributed by atoms with Gasteiger partial charge in [-0.3, -0.25) is 0 Å². The summed E-state index contributed by atoms with van der Waals surface area (Å²) in [7, 11) is 0. The maximum atomic E-state index is 3.69. The van der Waals surface area contributed by atoms with Crippen LogP contribution >= 0.6 is 23.5 Å². The molecule has 1 saturated heterocycles. The van der Waals surface area contributed by atoms with Crippen molar-refractivity contribution in [2.24, 2.45) is 0 Å². The van der Waals surface area contributed by atoms with E-state index in [0.717, 1.165) is 6.54 Å². The quantitative estimate of drug-likeness (QED) is 0.901. The first-order chi connectivity index (χ1) is 8.72. The van der Waals surface area contributed by atoms with E-state index in [1.165, 1.54) is 33.9 Å². The van der Waals surface area contributed by atoms with E-state index in [9.17, 15) is 0 Å². The number of hydrogen-bond donors (Lipinski definition) is 1. The fourth-order valence-electron chi connectivity index (χ4n) is 2.53. The van der Waals surface area contributed by atoms with Crippen molar-refractivity contribution in [2.75, 3.05) is 23.8 Å². The van der Waals surface area contributed by atoms with Crippen LogP contribution in [-0.4, -0.2) is 29.1 Å². The van der Waals surface area contributed by atoms with Gasteiger partial charge in [0.05, 0.1) is 0 Å². The van der Waals surface area contributed by atoms with Crippen molar-refractivity contribution in [3.8, 4) is 0 Å². The van der Waals surface area contributed by atoms with Gasteiger partial charge in [0.15, 0.2) is 0 Å². The van der Waals surface area contributed by atoms with Gasteiger partial charge in [0.2, 0.25) is 0 Å². The molecule has 0 spiro atoms. The molecule has 0 aromatic heterocycles. The third-order valence-corrected chi connectivity index (χ3v) is 6.26. The van der Waals surface area contributed by atoms with Crippen LogP contribution in [0.3, 0.4) is 0 Å². The van der Waals surface area contributed by atoms with Gasteiger partial charge < -0.3 is 5.32 Å². The molecule has 0 aliphatic carbocycles. The van der Waals surface area contributed by atoms with Crippen LogP contribution in [0.1, 0.15) is 29.7 Å². The summed E-state index contributed by atoms with van der Waals surface area (Å²) < 4.78 is 0. The number of hydrogen-bond acceptors (Lipinski definition) is 3. The Morgan fingerprint density at radius 1 is 1.33 bits per heavy atom. The van der Waals surface area contributed by atoms with Crippen LogP contribution in [0.4, 0.5) is 0 Å². The Balaban J connectivity index is 2.22. The second-order valence-electron chi connectivity index (χ2n) is 4.88. The molecule has 0 amide bonds. The second-order valence-corrected chi connectivity index (χ2v) is 7.38. The molecule has 1 heterocycles. The van der Waals surface area contributed by atoms with Crippen LogP contribution in [0.5, 0.6) is 0 Å². The zero-order chi connectivity index (χ0) is 13.0. The van der Waals surface area contributed by atoms with Crippen molar-refractivity contribution >= 4 is 23.5 Å². The van der Waals surface area contributed by atoms with Crippen LogP contribution in [0.25, 0.3) is 0 Å². The van der Waals surface area contributed by atoms with E-state index < -0.39 is 0 Å². The molecule has 0 radical (unpaired) electrons. The summed E-state index contributed by atoms with van der Waals surface area (Å²) in [5.41, 5.74) is 4.27. The van der Waals surface area contributed by atoms with Crippen molar-refractivity contribution in [3.63, 3.8) is 0 Å². The van der Waals surface area contributed by atoms with E-state index in [4.69, 9.17) is 0 Å². The zero-order valence-corrected chi connectivity index (χ0v) is 13.2. The molecule has 0 bridgehead atoms. The highest BCUT2D eigenvalue weighted by molar-refractivity contribution is 8.06. The monoisotopic (exact) mass is 281 g/mol. The van der Waals surface area contributed by atoms with Gasteiger partial charge in [-0.25, -0.2) is 0 Å². The van der Waals surface area contributed by atoms with Crippen molar-refractivity contribution in [1.29, 1.82) is 0 Å². The minimum absolute atomic E-state index is 0.508. The van der Waals surface area contributed by atoms with Crippen molar-refractivity contribution in [1.82, 2.24) is 5.32 Å². The Bertz CT molecular complexity index is 386. The largest absolute Gasteiger partial charge is 0.309 e. The molecule has 1 aliphatic heterocycles. The van der Waals surface area contributed by atoms with Crippen molar-refractivity contribution < 1.29 is 0 Å². The molecular weight excluding hydrogens is 258 g/mol. The average Bonchev–Trinajstić information content (AvgIpc) is 2.38. The van der Waals surface area contributed by atoms with E-state index >= 15 is 0 Å². The van der Waals surface area contributed by atoms with Gasteiger partial charge in [-0.15, -0.1) is 0 Å². The van der Waals surface area contributed by atoms with Gasteiger partial charge in [0.25, 0.3) is 0 Å². The maximum Gasteiger partial charge on any atom is 0.0451 e. The Morgan fingerprint density at radius 3 is 2.78 bits per heavy atom. The molecule has 1 nitrogen and oxygen atoms in total. The normalized spacial score (nSPS) is 21.8. The molecule has 18 heavy (non-hydrogen) atoms. The number of rotatable bonds is 4. The SMILES string of the molecule is CCNC(c1ccc(C)cc1C)C1CSCCS1. The fourth-order valence-corrected chi connectivity index (χ4v) is 5.39. The molecule has 1 aromatic rings. The fraction of sp³-hybridized carbons (Fsp3) is 0.600. The lowest BCUT2D eigenvalue weighted by atomic mass is 9.97. The van der Waals surface area contributed by atoms with Crippen LogP contribution in [-0.2, 0) is 0 Å². The second kappa shape index (κ2) is 6.88. The van der Waals surface area contributed by atoms with Gasteiger partial charge in [0, 0.05) is 28.6 Å². The summed E-state index contributed by atoms with van der Waals surface area (Å²) in [6.45, 7) is 7.66. The zero-order valence-electron chi connectivity index (χ0n) is 11.5. The Labute approximate surface area is 120 Å². The first kappa shape index (κ1) is 14.3. The summed E-state index contributed by atoms with van der Waals surface area (Å²) in [5.74, 6) is 3.88. The van der Waals surface area contributed by atoms with Crippen LogP contribution in [0.15, 0.2) is 18.2 Å². The number of nitrogens with one attached hydrogen (secondary N) is 1. The average molecular weight is 281 g/mol. The number of benzene rings is 1. The van der Waals surface area contributed by atoms with E-state index in [1.807, 2.05) is 0 Å². The smallest absolute Gasteiger partial charge is 0.0451 e. The van der Waals surface area contributed by atoms with Gasteiger partial charge in [-0.1, -0.05) is 30.7 Å². The lowest BCUT2D eigenvalue weighted by molar-refractivity contribution is 0.548. The molecule has 3 heteroatoms. The first-order valence-corrected chi connectivity index (χ1v) is 8.92. The van der Waals surface area contributed by atoms with Crippen LogP contribution in [0.2, 0.25) is 0 Å². The van der Waals surface area contributed by atoms with Crippen LogP contribution < -0.4 is 5.32 Å². The van der Waals surface area contributed by atoms with Crippen molar-refractivity contribution in [3.05, 3.63) is 34.9 Å². The van der Waals surface area contributed by atoms with Gasteiger partial charge >= 0.3 is 0 Å². The molecule has 1 aliphatic rings. The summed E-state index contributed by atoms with van der Waals surface area (Å²) in [6, 6.07) is 7.37. The predicted octanol–water partition coefficient (Wildman–Crippen LogP) is 3.80. The Morgan fingerprint density at radius 2 is 2.17 bits per heavy atom. The lowest BCUT2D eigenvalue weighted by Crippen LogP contribution is -2.34. The molecular formula is C15H23NS2. The highest BCUT2D eigenvalue weighted by atomic mass is 32.2. The predicted molar refractivity (Wildman–Crippen MR) is 85.9 cm³/mol. The maximum absolute atomic E-state index is 3.69. The summed E-state index contributed by atoms with van der Waals surface area (Å²) in [6.07, 6.45) is 0. The van der Waals surface area contributed by atoms with Gasteiger partial charge in [-0.2, -0.15) is 23.5 Å². The molecule has 1 fully saturated rings. The Hall–Kier alpha value is -0.120. The highest BCUT2D eigenvalue weighted by Gasteiger charge is 2.26. The molecule has 0 saturated carbocycles. The summed E-state index contributed by atoms with van der Waals surface area (Å²) in [4.78, 5) is 0. The van der Waals surface area contributed by atoms with Gasteiger partial charge in [0.1, 0.15) is 0 Å². The summed E-state index contributed by atoms with van der Waals surface area (Å²) in [5, 5.41) is 4.41. The lowest BCUT2D eigenvalue weighted by Gasteiger charge is -2.31. The molecule has 1 aromatic carbocycles. The standard InChI is InChI=1S/C15H23NS2/c1-4-16-15(14-10-17-7-8-18-14)13-6-5-11(2)9-12(13)3/h5-6,9,14-16H,4,7-8,10H2,1-3H3. The Kier molecular flexibility index (Phi) is 5.46. The molecule has 100 valence electrons. The van der Waals surface area contributed by atoms with E-state index in [0.29, 0.717) is 11.3 Å². The molecule has 2 atom stereocenters. The topological polar surface area (TPSA) is 12.0 Å². The number of thioether (sulfide) groups is 2. The minimum Gasteiger partial charge on any atom is -0.309 e. The third-order valence-electron chi connectivity index (χ3n) is 3.40. The van der Waals surface area contributed by atoms with E-state index in [1.54, 1.807) is 0 Å². The third kappa shape index (κ3) is 3.46. The van der Waals surface area contributed by atoms with Crippen molar-refractivity contribution in [2.45, 2.75) is 32.1 Å². The molecule has 2 rings (SSSR count). The van der Waals surface area contributed by atoms with E-state index in [2.05, 4.69) is 67.8 Å².